The summed E-state index contributed by atoms with van der Waals surface area (Å²) in [5.41, 5.74) is 6.60. The van der Waals surface area contributed by atoms with Crippen LogP contribution in [0.25, 0.3) is 0 Å². The van der Waals surface area contributed by atoms with Crippen LogP contribution in [-0.2, 0) is 35.1 Å². The van der Waals surface area contributed by atoms with Crippen LogP contribution >= 0.6 is 11.3 Å². The van der Waals surface area contributed by atoms with Crippen LogP contribution in [-0.4, -0.2) is 88.3 Å². The molecule has 2 rings (SSSR count). The van der Waals surface area contributed by atoms with Crippen LogP contribution in [0.3, 0.4) is 0 Å². The van der Waals surface area contributed by atoms with Crippen LogP contribution in [0.4, 0.5) is 13.2 Å². The van der Waals surface area contributed by atoms with Crippen molar-refractivity contribution in [1.29, 1.82) is 5.41 Å². The molecule has 0 spiro atoms. The number of hydrogen-bond donors (Lipinski definition) is 3. The number of halogens is 3. The molecule has 0 aliphatic rings. The summed E-state index contributed by atoms with van der Waals surface area (Å²) in [7, 11) is 0. The van der Waals surface area contributed by atoms with Crippen molar-refractivity contribution in [2.75, 3.05) is 19.6 Å². The first-order valence-electron chi connectivity index (χ1n) is 14.1. The number of carbonyl (C=O) groups excluding carboxylic acids is 5. The zero-order chi connectivity index (χ0) is 36.2. The lowest BCUT2D eigenvalue weighted by molar-refractivity contribution is -0.202. The van der Waals surface area contributed by atoms with E-state index >= 15 is 0 Å². The number of esters is 3. The lowest BCUT2D eigenvalue weighted by Crippen LogP contribution is -2.50. The number of thiophene rings is 1. The van der Waals surface area contributed by atoms with Gasteiger partial charge in [0.25, 0.3) is 0 Å². The Morgan fingerprint density at radius 1 is 1.04 bits per heavy atom. The molecule has 0 saturated heterocycles. The molecule has 0 saturated carbocycles. The van der Waals surface area contributed by atoms with Crippen molar-refractivity contribution in [3.8, 4) is 5.75 Å². The molecule has 17 heteroatoms. The first-order valence-corrected chi connectivity index (χ1v) is 14.9. The predicted molar refractivity (Wildman–Crippen MR) is 166 cm³/mol. The third kappa shape index (κ3) is 11.5. The molecule has 13 nitrogen and oxygen atoms in total. The van der Waals surface area contributed by atoms with Gasteiger partial charge in [-0.05, 0) is 55.7 Å². The van der Waals surface area contributed by atoms with Gasteiger partial charge in [0.2, 0.25) is 11.8 Å². The van der Waals surface area contributed by atoms with E-state index < -0.39 is 67.3 Å². The summed E-state index contributed by atoms with van der Waals surface area (Å²) in [5.74, 6) is -7.91. The molecule has 0 bridgehead atoms. The average molecular weight is 695 g/mol. The number of carboxylic acids is 1. The fourth-order valence-electron chi connectivity index (χ4n) is 4.19. The summed E-state index contributed by atoms with van der Waals surface area (Å²) in [6.45, 7) is 7.73. The summed E-state index contributed by atoms with van der Waals surface area (Å²) in [5, 5.41) is 17.1. The number of aryl methyl sites for hydroxylation is 2. The van der Waals surface area contributed by atoms with Crippen molar-refractivity contribution in [2.24, 2.45) is 5.73 Å². The van der Waals surface area contributed by atoms with E-state index in [4.69, 9.17) is 15.9 Å². The van der Waals surface area contributed by atoms with Crippen molar-refractivity contribution < 1.29 is 56.5 Å². The molecule has 2 aromatic rings. The van der Waals surface area contributed by atoms with Crippen molar-refractivity contribution in [1.82, 2.24) is 9.80 Å². The van der Waals surface area contributed by atoms with Gasteiger partial charge in [0, 0.05) is 36.4 Å². The van der Waals surface area contributed by atoms with E-state index in [1.165, 1.54) is 36.4 Å². The summed E-state index contributed by atoms with van der Waals surface area (Å²) in [6, 6.07) is 5.92. The molecule has 0 radical (unpaired) electrons. The minimum atomic E-state index is -5.43. The smallest absolute Gasteiger partial charge is 0.480 e. The number of amidine groups is 1. The quantitative estimate of drug-likeness (QED) is 0.0551. The van der Waals surface area contributed by atoms with Crippen molar-refractivity contribution in [2.45, 2.75) is 44.8 Å². The Bertz CT molecular complexity index is 1570. The number of benzene rings is 1. The van der Waals surface area contributed by atoms with Gasteiger partial charge in [0.05, 0.1) is 0 Å². The Kier molecular flexibility index (Phi) is 14.2. The van der Waals surface area contributed by atoms with Gasteiger partial charge in [-0.1, -0.05) is 12.2 Å². The van der Waals surface area contributed by atoms with E-state index in [1.54, 1.807) is 13.0 Å². The van der Waals surface area contributed by atoms with Crippen LogP contribution in [0.5, 0.6) is 5.75 Å². The molecule has 1 aromatic carbocycles. The molecular weight excluding hydrogens is 661 g/mol. The maximum Gasteiger partial charge on any atom is 0.491 e. The van der Waals surface area contributed by atoms with Crippen LogP contribution in [0, 0.1) is 12.3 Å². The molecule has 0 fully saturated rings. The minimum absolute atomic E-state index is 0.0977. The summed E-state index contributed by atoms with van der Waals surface area (Å²) >= 11 is 1.11. The Hall–Kier alpha value is -5.32. The molecule has 1 aromatic heterocycles. The van der Waals surface area contributed by atoms with Gasteiger partial charge in [-0.3, -0.25) is 19.8 Å². The molecule has 1 heterocycles. The molecule has 258 valence electrons. The highest BCUT2D eigenvalue weighted by Gasteiger charge is 2.42. The van der Waals surface area contributed by atoms with E-state index in [1.807, 2.05) is 0 Å². The number of nitrogens with two attached hydrogens (primary N) is 1. The van der Waals surface area contributed by atoms with E-state index in [-0.39, 0.29) is 42.4 Å². The van der Waals surface area contributed by atoms with Crippen LogP contribution in [0.15, 0.2) is 55.6 Å². The Balaban J connectivity index is 2.08. The number of nitrogens with zero attached hydrogens (tertiary/aromatic N) is 2. The second-order valence-electron chi connectivity index (χ2n) is 10.1. The average Bonchev–Trinajstić information content (AvgIpc) is 3.39. The molecule has 48 heavy (non-hydrogen) atoms. The van der Waals surface area contributed by atoms with E-state index in [0.29, 0.717) is 10.4 Å². The number of rotatable bonds is 17. The third-order valence-corrected chi connectivity index (χ3v) is 7.84. The van der Waals surface area contributed by atoms with Crippen LogP contribution < -0.4 is 10.5 Å². The van der Waals surface area contributed by atoms with Crippen LogP contribution in [0.1, 0.15) is 44.9 Å². The predicted octanol–water partition coefficient (Wildman–Crippen LogP) is 3.39. The highest BCUT2D eigenvalue weighted by molar-refractivity contribution is 7.14. The summed E-state index contributed by atoms with van der Waals surface area (Å²) < 4.78 is 46.2. The molecule has 0 unspecified atom stereocenters. The first kappa shape index (κ1) is 38.9. The van der Waals surface area contributed by atoms with Gasteiger partial charge < -0.3 is 30.1 Å². The van der Waals surface area contributed by atoms with E-state index in [2.05, 4.69) is 17.9 Å². The number of ether oxygens (including phenoxy) is 2. The van der Waals surface area contributed by atoms with E-state index in [9.17, 15) is 47.0 Å². The maximum absolute atomic E-state index is 13.2. The van der Waals surface area contributed by atoms with Gasteiger partial charge >= 0.3 is 30.1 Å². The fraction of sp³-hybridized carbons (Fsp3) is 0.323. The first-order chi connectivity index (χ1) is 22.5. The van der Waals surface area contributed by atoms with E-state index in [0.717, 1.165) is 26.7 Å². The number of carboxylic acid groups (broad SMARTS) is 1. The lowest BCUT2D eigenvalue weighted by Gasteiger charge is -2.30. The zero-order valence-corrected chi connectivity index (χ0v) is 26.5. The second-order valence-corrected chi connectivity index (χ2v) is 11.2. The minimum Gasteiger partial charge on any atom is -0.480 e. The Morgan fingerprint density at radius 2 is 1.67 bits per heavy atom. The molecule has 0 aliphatic heterocycles. The lowest BCUT2D eigenvalue weighted by atomic mass is 10.1. The number of carbonyl (C=O) groups is 6. The largest absolute Gasteiger partial charge is 0.491 e. The maximum atomic E-state index is 13.2. The van der Waals surface area contributed by atoms with Gasteiger partial charge in [0.1, 0.15) is 29.0 Å². The topological polar surface area (TPSA) is 197 Å². The Labute approximate surface area is 276 Å². The zero-order valence-electron chi connectivity index (χ0n) is 25.7. The summed E-state index contributed by atoms with van der Waals surface area (Å²) in [4.78, 5) is 76.6. The van der Waals surface area contributed by atoms with Gasteiger partial charge in [-0.25, -0.2) is 14.4 Å². The molecule has 2 amide bonds. The highest BCUT2D eigenvalue weighted by atomic mass is 32.1. The molecule has 4 N–H and O–H groups in total. The number of aliphatic carboxylic acids is 1. The Morgan fingerprint density at radius 3 is 2.21 bits per heavy atom. The second kappa shape index (κ2) is 17.6. The SMILES string of the molecule is C=CCN(CC(=O)N(CC=C)[C@@H](CCC(=O)OC(=O)C(F)(F)F)C(=O)O)C(=O)CCc1sc(C(=O)Oc2ccc(C(=N)N)cc2)cc1C. The normalized spacial score (nSPS) is 11.5. The number of hydrogen-bond acceptors (Lipinski definition) is 10. The number of nitrogen functional groups attached to an aromatic ring is 1. The molecular formula is C31H33F3N4O9S. The standard InChI is InChI=1S/C31H33F3N4O9S/c1-4-14-37(17-25(40)38(15-5-2)21(28(42)43)10-13-26(41)47-30(45)31(32,33)34)24(39)12-11-22-18(3)16-23(48-22)29(44)46-20-8-6-19(7-9-20)27(35)36/h4-9,16,21H,1-2,10-15,17H2,3H3,(H3,35,36)(H,42,43)/t21-/m0/s1. The molecule has 0 aliphatic carbocycles. The van der Waals surface area contributed by atoms with Gasteiger partial charge in [-0.15, -0.1) is 24.5 Å². The van der Waals surface area contributed by atoms with Crippen molar-refractivity contribution in [3.05, 3.63) is 76.5 Å². The highest BCUT2D eigenvalue weighted by Crippen LogP contribution is 2.26. The van der Waals surface area contributed by atoms with Gasteiger partial charge in [0.15, 0.2) is 0 Å². The van der Waals surface area contributed by atoms with Crippen molar-refractivity contribution in [3.63, 3.8) is 0 Å². The fourth-order valence-corrected chi connectivity index (χ4v) is 5.24. The third-order valence-electron chi connectivity index (χ3n) is 6.56. The molecule has 1 atom stereocenters. The number of nitrogens with one attached hydrogen (secondary N) is 1. The number of alkyl halides is 3. The van der Waals surface area contributed by atoms with Gasteiger partial charge in [-0.2, -0.15) is 13.2 Å². The van der Waals surface area contributed by atoms with Crippen molar-refractivity contribution >= 4 is 52.9 Å². The number of amides is 2. The monoisotopic (exact) mass is 694 g/mol. The summed E-state index contributed by atoms with van der Waals surface area (Å²) in [6.07, 6.45) is -4.45. The van der Waals surface area contributed by atoms with Crippen LogP contribution in [0.2, 0.25) is 0 Å².